The molecule has 3 aromatic rings. The minimum atomic E-state index is -0.260. The summed E-state index contributed by atoms with van der Waals surface area (Å²) in [6, 6.07) is 14.1. The Hall–Kier alpha value is -3.13. The molecule has 0 spiro atoms. The fourth-order valence-electron chi connectivity index (χ4n) is 1.96. The molecule has 0 aliphatic heterocycles. The van der Waals surface area contributed by atoms with Gasteiger partial charge in [-0.2, -0.15) is 5.26 Å². The van der Waals surface area contributed by atoms with Crippen molar-refractivity contribution >= 4 is 22.6 Å². The van der Waals surface area contributed by atoms with Gasteiger partial charge >= 0.3 is 0 Å². The van der Waals surface area contributed by atoms with Gasteiger partial charge in [0.25, 0.3) is 5.91 Å². The molecule has 0 radical (unpaired) electrons. The van der Waals surface area contributed by atoms with Crippen LogP contribution in [0, 0.1) is 11.3 Å². The maximum atomic E-state index is 12.2. The van der Waals surface area contributed by atoms with Crippen molar-refractivity contribution in [1.29, 1.82) is 5.26 Å². The molecule has 20 heavy (non-hydrogen) atoms. The van der Waals surface area contributed by atoms with Gasteiger partial charge in [0.2, 0.25) is 0 Å². The number of imidazole rings is 1. The normalized spacial score (nSPS) is 10.2. The van der Waals surface area contributed by atoms with Crippen molar-refractivity contribution in [3.8, 4) is 6.07 Å². The van der Waals surface area contributed by atoms with Crippen molar-refractivity contribution < 1.29 is 4.79 Å². The zero-order valence-corrected chi connectivity index (χ0v) is 10.4. The minimum absolute atomic E-state index is 0.260. The van der Waals surface area contributed by atoms with Gasteiger partial charge in [0.1, 0.15) is 6.07 Å². The summed E-state index contributed by atoms with van der Waals surface area (Å²) in [5.41, 5.74) is 3.05. The highest BCUT2D eigenvalue weighted by atomic mass is 16.1. The second-order valence-corrected chi connectivity index (χ2v) is 4.25. The van der Waals surface area contributed by atoms with E-state index in [2.05, 4.69) is 15.3 Å². The number of carbonyl (C=O) groups excluding carboxylic acids is 1. The largest absolute Gasteiger partial charge is 0.345 e. The lowest BCUT2D eigenvalue weighted by atomic mass is 10.1. The van der Waals surface area contributed by atoms with E-state index in [1.807, 2.05) is 6.07 Å². The van der Waals surface area contributed by atoms with E-state index in [0.29, 0.717) is 16.8 Å². The van der Waals surface area contributed by atoms with Crippen LogP contribution in [0.25, 0.3) is 11.0 Å². The van der Waals surface area contributed by atoms with Gasteiger partial charge in [0.15, 0.2) is 0 Å². The van der Waals surface area contributed by atoms with Crippen molar-refractivity contribution in [1.82, 2.24) is 9.97 Å². The molecule has 0 saturated heterocycles. The number of benzene rings is 2. The molecule has 0 aliphatic carbocycles. The maximum absolute atomic E-state index is 12.2. The molecule has 1 heterocycles. The number of carbonyl (C=O) groups is 1. The van der Waals surface area contributed by atoms with Crippen LogP contribution in [0.4, 0.5) is 5.69 Å². The van der Waals surface area contributed by atoms with Gasteiger partial charge in [-0.25, -0.2) is 4.98 Å². The van der Waals surface area contributed by atoms with Crippen LogP contribution in [0.15, 0.2) is 48.8 Å². The summed E-state index contributed by atoms with van der Waals surface area (Å²) in [4.78, 5) is 19.3. The van der Waals surface area contributed by atoms with Crippen molar-refractivity contribution in [2.24, 2.45) is 0 Å². The number of aromatic amines is 1. The SMILES string of the molecule is N#Cc1ccccc1NC(=O)c1ccc2nc[nH]c2c1. The Bertz CT molecular complexity index is 829. The molecule has 2 N–H and O–H groups in total. The van der Waals surface area contributed by atoms with E-state index in [4.69, 9.17) is 5.26 Å². The predicted molar refractivity (Wildman–Crippen MR) is 75.2 cm³/mol. The third kappa shape index (κ3) is 2.10. The summed E-state index contributed by atoms with van der Waals surface area (Å²) in [5.74, 6) is -0.260. The molecule has 0 unspecified atom stereocenters. The van der Waals surface area contributed by atoms with E-state index < -0.39 is 0 Å². The first-order valence-corrected chi connectivity index (χ1v) is 6.01. The van der Waals surface area contributed by atoms with Crippen LogP contribution < -0.4 is 5.32 Å². The van der Waals surface area contributed by atoms with Crippen LogP contribution in [0.3, 0.4) is 0 Å². The first-order valence-electron chi connectivity index (χ1n) is 6.01. The standard InChI is InChI=1S/C15H10N4O/c16-8-11-3-1-2-4-12(11)19-15(20)10-5-6-13-14(7-10)18-9-17-13/h1-7,9H,(H,17,18)(H,19,20). The Labute approximate surface area is 114 Å². The van der Waals surface area contributed by atoms with Crippen LogP contribution in [0.2, 0.25) is 0 Å². The van der Waals surface area contributed by atoms with E-state index in [9.17, 15) is 4.79 Å². The topological polar surface area (TPSA) is 81.6 Å². The number of H-pyrrole nitrogens is 1. The van der Waals surface area contributed by atoms with Gasteiger partial charge in [-0.1, -0.05) is 12.1 Å². The average Bonchev–Trinajstić information content (AvgIpc) is 2.95. The number of hydrogen-bond acceptors (Lipinski definition) is 3. The number of nitrogens with one attached hydrogen (secondary N) is 2. The van der Waals surface area contributed by atoms with Crippen molar-refractivity contribution in [2.75, 3.05) is 5.32 Å². The van der Waals surface area contributed by atoms with Crippen LogP contribution in [0.5, 0.6) is 0 Å². The molecular formula is C15H10N4O. The zero-order valence-electron chi connectivity index (χ0n) is 10.4. The van der Waals surface area contributed by atoms with E-state index in [-0.39, 0.29) is 5.91 Å². The summed E-state index contributed by atoms with van der Waals surface area (Å²) >= 11 is 0. The van der Waals surface area contributed by atoms with Crippen molar-refractivity contribution in [3.05, 3.63) is 59.9 Å². The highest BCUT2D eigenvalue weighted by molar-refractivity contribution is 6.06. The van der Waals surface area contributed by atoms with Crippen LogP contribution >= 0.6 is 0 Å². The summed E-state index contributed by atoms with van der Waals surface area (Å²) in [5, 5.41) is 11.7. The Kier molecular flexibility index (Phi) is 2.90. The van der Waals surface area contributed by atoms with Gasteiger partial charge in [0, 0.05) is 5.56 Å². The lowest BCUT2D eigenvalue weighted by molar-refractivity contribution is 0.102. The molecule has 0 fully saturated rings. The Balaban J connectivity index is 1.91. The molecule has 2 aromatic carbocycles. The second kappa shape index (κ2) is 4.86. The number of rotatable bonds is 2. The molecule has 0 bridgehead atoms. The number of nitrogens with zero attached hydrogens (tertiary/aromatic N) is 2. The van der Waals surface area contributed by atoms with Gasteiger partial charge < -0.3 is 10.3 Å². The Morgan fingerprint density at radius 1 is 1.25 bits per heavy atom. The first kappa shape index (κ1) is 11.9. The summed E-state index contributed by atoms with van der Waals surface area (Å²) in [6.45, 7) is 0. The molecule has 1 amide bonds. The zero-order chi connectivity index (χ0) is 13.9. The Morgan fingerprint density at radius 2 is 2.10 bits per heavy atom. The second-order valence-electron chi connectivity index (χ2n) is 4.25. The number of amides is 1. The van der Waals surface area contributed by atoms with Crippen molar-refractivity contribution in [2.45, 2.75) is 0 Å². The molecular weight excluding hydrogens is 252 g/mol. The average molecular weight is 262 g/mol. The van der Waals surface area contributed by atoms with Crippen LogP contribution in [-0.2, 0) is 0 Å². The lowest BCUT2D eigenvalue weighted by Crippen LogP contribution is -2.12. The van der Waals surface area contributed by atoms with E-state index in [1.165, 1.54) is 0 Å². The van der Waals surface area contributed by atoms with Gasteiger partial charge in [-0.3, -0.25) is 4.79 Å². The number of fused-ring (bicyclic) bond motifs is 1. The fourth-order valence-corrected chi connectivity index (χ4v) is 1.96. The number of aromatic nitrogens is 2. The molecule has 0 aliphatic rings. The van der Waals surface area contributed by atoms with E-state index in [0.717, 1.165) is 11.0 Å². The maximum Gasteiger partial charge on any atom is 0.255 e. The predicted octanol–water partition coefficient (Wildman–Crippen LogP) is 2.69. The Morgan fingerprint density at radius 3 is 2.95 bits per heavy atom. The third-order valence-corrected chi connectivity index (χ3v) is 2.98. The molecule has 5 nitrogen and oxygen atoms in total. The summed E-state index contributed by atoms with van der Waals surface area (Å²) < 4.78 is 0. The highest BCUT2D eigenvalue weighted by Gasteiger charge is 2.09. The number of hydrogen-bond donors (Lipinski definition) is 2. The fraction of sp³-hybridized carbons (Fsp3) is 0. The molecule has 0 saturated carbocycles. The molecule has 0 atom stereocenters. The third-order valence-electron chi connectivity index (χ3n) is 2.98. The molecule has 3 rings (SSSR count). The van der Waals surface area contributed by atoms with E-state index >= 15 is 0 Å². The number of nitriles is 1. The van der Waals surface area contributed by atoms with Crippen LogP contribution in [0.1, 0.15) is 15.9 Å². The molecule has 96 valence electrons. The number of anilines is 1. The lowest BCUT2D eigenvalue weighted by Gasteiger charge is -2.06. The quantitative estimate of drug-likeness (QED) is 0.745. The van der Waals surface area contributed by atoms with Crippen molar-refractivity contribution in [3.63, 3.8) is 0 Å². The highest BCUT2D eigenvalue weighted by Crippen LogP contribution is 2.17. The number of para-hydroxylation sites is 1. The molecule has 1 aromatic heterocycles. The molecule has 5 heteroatoms. The van der Waals surface area contributed by atoms with Gasteiger partial charge in [-0.15, -0.1) is 0 Å². The van der Waals surface area contributed by atoms with Crippen LogP contribution in [-0.4, -0.2) is 15.9 Å². The van der Waals surface area contributed by atoms with Gasteiger partial charge in [0.05, 0.1) is 28.6 Å². The first-order chi connectivity index (χ1) is 9.78. The summed E-state index contributed by atoms with van der Waals surface area (Å²) in [6.07, 6.45) is 1.58. The smallest absolute Gasteiger partial charge is 0.255 e. The van der Waals surface area contributed by atoms with E-state index in [1.54, 1.807) is 48.8 Å². The van der Waals surface area contributed by atoms with Gasteiger partial charge in [-0.05, 0) is 30.3 Å². The summed E-state index contributed by atoms with van der Waals surface area (Å²) in [7, 11) is 0. The minimum Gasteiger partial charge on any atom is -0.345 e. The monoisotopic (exact) mass is 262 g/mol.